The third kappa shape index (κ3) is 3.95. The van der Waals surface area contributed by atoms with Crippen molar-refractivity contribution >= 4 is 45.3 Å². The number of thiophene rings is 1. The van der Waals surface area contributed by atoms with E-state index < -0.39 is 11.9 Å². The van der Waals surface area contributed by atoms with E-state index in [-0.39, 0.29) is 16.1 Å². The van der Waals surface area contributed by atoms with Crippen molar-refractivity contribution < 1.29 is 14.3 Å². The largest absolute Gasteiger partial charge is 0.465 e. The van der Waals surface area contributed by atoms with Crippen LogP contribution in [0.25, 0.3) is 0 Å². The topological polar surface area (TPSA) is 117 Å². The minimum Gasteiger partial charge on any atom is -0.465 e. The number of anilines is 4. The first-order valence-corrected chi connectivity index (χ1v) is 8.99. The summed E-state index contributed by atoms with van der Waals surface area (Å²) in [6.45, 7) is 0. The Kier molecular flexibility index (Phi) is 5.58. The third-order valence-electron chi connectivity index (χ3n) is 3.86. The number of amides is 1. The molecule has 3 rings (SSSR count). The molecule has 0 radical (unpaired) electrons. The minimum atomic E-state index is -0.462. The van der Waals surface area contributed by atoms with Crippen molar-refractivity contribution in [1.29, 1.82) is 5.26 Å². The highest BCUT2D eigenvalue weighted by Crippen LogP contribution is 2.37. The van der Waals surface area contributed by atoms with E-state index >= 15 is 0 Å². The van der Waals surface area contributed by atoms with Gasteiger partial charge in [0.05, 0.1) is 18.4 Å². The highest BCUT2D eigenvalue weighted by Gasteiger charge is 2.21. The maximum absolute atomic E-state index is 12.6. The van der Waals surface area contributed by atoms with Gasteiger partial charge in [-0.3, -0.25) is 4.79 Å². The van der Waals surface area contributed by atoms with Gasteiger partial charge in [0, 0.05) is 11.4 Å². The van der Waals surface area contributed by atoms with E-state index in [9.17, 15) is 14.9 Å². The summed E-state index contributed by atoms with van der Waals surface area (Å²) >= 11 is 1.10. The van der Waals surface area contributed by atoms with Gasteiger partial charge in [-0.25, -0.2) is 4.79 Å². The first-order chi connectivity index (χ1) is 13.5. The number of carbonyl (C=O) groups is 2. The number of nitrogens with one attached hydrogen (secondary N) is 2. The van der Waals surface area contributed by atoms with Gasteiger partial charge in [0.15, 0.2) is 0 Å². The first kappa shape index (κ1) is 18.9. The molecule has 0 unspecified atom stereocenters. The van der Waals surface area contributed by atoms with Crippen molar-refractivity contribution in [2.45, 2.75) is 0 Å². The number of carbonyl (C=O) groups excluding carboxylic acids is 2. The number of para-hydroxylation sites is 1. The fraction of sp³-hybridized carbons (Fsp3) is 0.0500. The van der Waals surface area contributed by atoms with Crippen molar-refractivity contribution in [2.24, 2.45) is 0 Å². The fourth-order valence-electron chi connectivity index (χ4n) is 2.46. The zero-order valence-corrected chi connectivity index (χ0v) is 15.7. The van der Waals surface area contributed by atoms with E-state index in [2.05, 4.69) is 15.4 Å². The molecule has 3 aromatic rings. The molecule has 0 bridgehead atoms. The van der Waals surface area contributed by atoms with Crippen LogP contribution in [0.1, 0.15) is 25.6 Å². The number of benzene rings is 2. The zero-order chi connectivity index (χ0) is 20.1. The molecule has 0 aliphatic rings. The second kappa shape index (κ2) is 8.24. The van der Waals surface area contributed by atoms with E-state index in [1.807, 2.05) is 36.4 Å². The molecule has 0 spiro atoms. The highest BCUT2D eigenvalue weighted by molar-refractivity contribution is 7.19. The Bertz CT molecular complexity index is 1050. The van der Waals surface area contributed by atoms with Crippen molar-refractivity contribution in [1.82, 2.24) is 0 Å². The number of nitriles is 1. The molecule has 0 fully saturated rings. The quantitative estimate of drug-likeness (QED) is 0.565. The van der Waals surface area contributed by atoms with Crippen LogP contribution in [-0.4, -0.2) is 19.0 Å². The molecule has 7 nitrogen and oxygen atoms in total. The monoisotopic (exact) mass is 392 g/mol. The van der Waals surface area contributed by atoms with E-state index in [0.29, 0.717) is 16.3 Å². The molecule has 1 aromatic heterocycles. The van der Waals surface area contributed by atoms with Gasteiger partial charge >= 0.3 is 5.97 Å². The number of hydrogen-bond donors (Lipinski definition) is 3. The predicted molar refractivity (Wildman–Crippen MR) is 109 cm³/mol. The van der Waals surface area contributed by atoms with Crippen LogP contribution in [0.3, 0.4) is 0 Å². The molecule has 0 saturated heterocycles. The van der Waals surface area contributed by atoms with Gasteiger partial charge < -0.3 is 21.1 Å². The molecule has 1 amide bonds. The summed E-state index contributed by atoms with van der Waals surface area (Å²) in [7, 11) is 1.30. The molecule has 4 N–H and O–H groups in total. The van der Waals surface area contributed by atoms with Crippen LogP contribution in [0.15, 0.2) is 54.6 Å². The smallest absolute Gasteiger partial charge is 0.337 e. The Morgan fingerprint density at radius 2 is 1.75 bits per heavy atom. The number of methoxy groups -OCH3 is 1. The lowest BCUT2D eigenvalue weighted by Crippen LogP contribution is -2.12. The lowest BCUT2D eigenvalue weighted by molar-refractivity contribution is 0.0600. The summed E-state index contributed by atoms with van der Waals surface area (Å²) in [6.07, 6.45) is 0. The van der Waals surface area contributed by atoms with Crippen LogP contribution in [0.2, 0.25) is 0 Å². The summed E-state index contributed by atoms with van der Waals surface area (Å²) in [4.78, 5) is 24.3. The highest BCUT2D eigenvalue weighted by atomic mass is 32.1. The molecule has 28 heavy (non-hydrogen) atoms. The van der Waals surface area contributed by atoms with Gasteiger partial charge in [-0.2, -0.15) is 5.26 Å². The summed E-state index contributed by atoms with van der Waals surface area (Å²) < 4.78 is 4.64. The number of nitrogen functional groups attached to an aromatic ring is 1. The summed E-state index contributed by atoms with van der Waals surface area (Å²) in [5.41, 5.74) is 8.02. The van der Waals surface area contributed by atoms with Crippen LogP contribution < -0.4 is 16.4 Å². The Labute approximate surface area is 165 Å². The Morgan fingerprint density at radius 1 is 1.07 bits per heavy atom. The number of ether oxygens (including phenoxy) is 1. The third-order valence-corrected chi connectivity index (χ3v) is 4.98. The first-order valence-electron chi connectivity index (χ1n) is 8.17. The van der Waals surface area contributed by atoms with Crippen LogP contribution in [0, 0.1) is 11.3 Å². The second-order valence-corrected chi connectivity index (χ2v) is 6.70. The summed E-state index contributed by atoms with van der Waals surface area (Å²) in [5, 5.41) is 15.8. The van der Waals surface area contributed by atoms with Crippen molar-refractivity contribution in [3.63, 3.8) is 0 Å². The van der Waals surface area contributed by atoms with Gasteiger partial charge in [0.2, 0.25) is 0 Å². The van der Waals surface area contributed by atoms with E-state index in [0.717, 1.165) is 17.0 Å². The van der Waals surface area contributed by atoms with Crippen molar-refractivity contribution in [3.8, 4) is 6.07 Å². The molecule has 0 aliphatic carbocycles. The second-order valence-electron chi connectivity index (χ2n) is 5.67. The molecule has 8 heteroatoms. The van der Waals surface area contributed by atoms with Crippen molar-refractivity contribution in [2.75, 3.05) is 23.5 Å². The Hall–Kier alpha value is -3.83. The molecule has 0 saturated carbocycles. The lowest BCUT2D eigenvalue weighted by Gasteiger charge is -2.05. The number of esters is 1. The molecule has 1 heterocycles. The van der Waals surface area contributed by atoms with Gasteiger partial charge in [-0.1, -0.05) is 18.2 Å². The van der Waals surface area contributed by atoms with Crippen LogP contribution >= 0.6 is 11.3 Å². The van der Waals surface area contributed by atoms with Gasteiger partial charge in [0.25, 0.3) is 5.91 Å². The number of rotatable bonds is 5. The number of nitrogens with two attached hydrogens (primary N) is 1. The average Bonchev–Trinajstić information content (AvgIpc) is 3.03. The van der Waals surface area contributed by atoms with Crippen molar-refractivity contribution in [3.05, 3.63) is 70.6 Å². The number of hydrogen-bond acceptors (Lipinski definition) is 7. The fourth-order valence-corrected chi connectivity index (χ4v) is 3.45. The Morgan fingerprint density at radius 3 is 2.36 bits per heavy atom. The van der Waals surface area contributed by atoms with E-state index in [1.54, 1.807) is 24.3 Å². The van der Waals surface area contributed by atoms with Crippen LogP contribution in [0.5, 0.6) is 0 Å². The average molecular weight is 392 g/mol. The molecule has 2 aromatic carbocycles. The summed E-state index contributed by atoms with van der Waals surface area (Å²) in [5.74, 6) is -0.901. The maximum Gasteiger partial charge on any atom is 0.337 e. The van der Waals surface area contributed by atoms with Gasteiger partial charge in [-0.05, 0) is 36.4 Å². The summed E-state index contributed by atoms with van der Waals surface area (Å²) in [6, 6.07) is 17.6. The molecular formula is C20H16N4O3S. The van der Waals surface area contributed by atoms with Crippen LogP contribution in [-0.2, 0) is 4.74 Å². The predicted octanol–water partition coefficient (Wildman–Crippen LogP) is 3.98. The molecular weight excluding hydrogens is 376 g/mol. The molecule has 0 aliphatic heterocycles. The zero-order valence-electron chi connectivity index (χ0n) is 14.9. The normalized spacial score (nSPS) is 10.0. The van der Waals surface area contributed by atoms with E-state index in [1.165, 1.54) is 7.11 Å². The molecule has 0 atom stereocenters. The molecule has 140 valence electrons. The SMILES string of the molecule is COC(=O)c1ccc(NC(=O)c2sc(Nc3ccccc3)c(C#N)c2N)cc1. The number of nitrogens with zero attached hydrogens (tertiary/aromatic N) is 1. The standard InChI is InChI=1S/C20H16N4O3S/c1-27-20(26)12-7-9-14(10-8-12)23-18(25)17-16(22)15(11-21)19(28-17)24-13-5-3-2-4-6-13/h2-10,24H,22H2,1H3,(H,23,25). The maximum atomic E-state index is 12.6. The Balaban J connectivity index is 1.82. The minimum absolute atomic E-state index is 0.120. The van der Waals surface area contributed by atoms with Gasteiger partial charge in [-0.15, -0.1) is 11.3 Å². The van der Waals surface area contributed by atoms with E-state index in [4.69, 9.17) is 5.73 Å². The van der Waals surface area contributed by atoms with Crippen LogP contribution in [0.4, 0.5) is 22.1 Å². The lowest BCUT2D eigenvalue weighted by atomic mass is 10.2. The van der Waals surface area contributed by atoms with Gasteiger partial charge in [0.1, 0.15) is 21.5 Å².